The van der Waals surface area contributed by atoms with E-state index in [1.165, 1.54) is 0 Å². The molecule has 0 fully saturated rings. The first kappa shape index (κ1) is 10.3. The number of carbonyl (C=O) groups is 1. The zero-order valence-electron chi connectivity index (χ0n) is 8.04. The van der Waals surface area contributed by atoms with Crippen molar-refractivity contribution < 1.29 is 9.90 Å². The Labute approximate surface area is 95.4 Å². The number of carboxylic acids is 1. The molecule has 0 aliphatic heterocycles. The molecule has 0 amide bonds. The van der Waals surface area contributed by atoms with E-state index < -0.39 is 5.97 Å². The fourth-order valence-electron chi connectivity index (χ4n) is 1.22. The first-order valence-electron chi connectivity index (χ1n) is 4.40. The van der Waals surface area contributed by atoms with Crippen molar-refractivity contribution in [2.24, 2.45) is 0 Å². The zero-order chi connectivity index (χ0) is 11.5. The summed E-state index contributed by atoms with van der Waals surface area (Å²) in [5, 5.41) is 19.1. The van der Waals surface area contributed by atoms with Crippen LogP contribution in [0, 0.1) is 11.3 Å². The molecule has 0 radical (unpaired) electrons. The molecule has 2 aromatic rings. The standard InChI is InChI=1S/C11H6N2O2S/c12-5-7-1-3-8(4-2-7)9-6-16-10(13-9)11(14)15/h1-4,6H,(H,14,15). The average molecular weight is 230 g/mol. The van der Waals surface area contributed by atoms with Crippen LogP contribution in [0.15, 0.2) is 29.6 Å². The van der Waals surface area contributed by atoms with Crippen molar-refractivity contribution in [3.05, 3.63) is 40.2 Å². The Morgan fingerprint density at radius 1 is 1.38 bits per heavy atom. The Balaban J connectivity index is 2.36. The summed E-state index contributed by atoms with van der Waals surface area (Å²) in [4.78, 5) is 14.6. The van der Waals surface area contributed by atoms with Crippen LogP contribution in [-0.4, -0.2) is 16.1 Å². The second-order valence-corrected chi connectivity index (χ2v) is 3.89. The number of aromatic nitrogens is 1. The van der Waals surface area contributed by atoms with Gasteiger partial charge in [-0.1, -0.05) is 12.1 Å². The average Bonchev–Trinajstić information content (AvgIpc) is 2.78. The molecule has 0 aliphatic rings. The maximum absolute atomic E-state index is 10.7. The second-order valence-electron chi connectivity index (χ2n) is 3.03. The van der Waals surface area contributed by atoms with Gasteiger partial charge in [-0.3, -0.25) is 0 Å². The lowest BCUT2D eigenvalue weighted by Gasteiger charge is -1.95. The maximum atomic E-state index is 10.7. The molecule has 1 N–H and O–H groups in total. The highest BCUT2D eigenvalue weighted by Gasteiger charge is 2.09. The minimum Gasteiger partial charge on any atom is -0.476 e. The van der Waals surface area contributed by atoms with E-state index >= 15 is 0 Å². The molecular weight excluding hydrogens is 224 g/mol. The highest BCUT2D eigenvalue weighted by Crippen LogP contribution is 2.22. The van der Waals surface area contributed by atoms with E-state index in [9.17, 15) is 4.79 Å². The zero-order valence-corrected chi connectivity index (χ0v) is 8.86. The number of hydrogen-bond donors (Lipinski definition) is 1. The van der Waals surface area contributed by atoms with E-state index in [0.717, 1.165) is 16.9 Å². The van der Waals surface area contributed by atoms with Gasteiger partial charge in [0.25, 0.3) is 0 Å². The smallest absolute Gasteiger partial charge is 0.365 e. The number of hydrogen-bond acceptors (Lipinski definition) is 4. The van der Waals surface area contributed by atoms with E-state index in [2.05, 4.69) is 4.98 Å². The molecule has 0 atom stereocenters. The van der Waals surface area contributed by atoms with Crippen LogP contribution in [0.25, 0.3) is 11.3 Å². The SMILES string of the molecule is N#Cc1ccc(-c2csc(C(=O)O)n2)cc1. The van der Waals surface area contributed by atoms with Crippen LogP contribution in [0.4, 0.5) is 0 Å². The topological polar surface area (TPSA) is 74.0 Å². The summed E-state index contributed by atoms with van der Waals surface area (Å²) in [7, 11) is 0. The molecule has 2 rings (SSSR count). The van der Waals surface area contributed by atoms with Crippen molar-refractivity contribution >= 4 is 17.3 Å². The Kier molecular flexibility index (Phi) is 2.66. The van der Waals surface area contributed by atoms with Crippen LogP contribution in [0.5, 0.6) is 0 Å². The van der Waals surface area contributed by atoms with Gasteiger partial charge in [-0.15, -0.1) is 11.3 Å². The predicted octanol–water partition coefficient (Wildman–Crippen LogP) is 2.38. The van der Waals surface area contributed by atoms with Crippen molar-refractivity contribution in [1.82, 2.24) is 4.98 Å². The van der Waals surface area contributed by atoms with E-state index in [1.807, 2.05) is 6.07 Å². The van der Waals surface area contributed by atoms with Gasteiger partial charge in [0, 0.05) is 10.9 Å². The third kappa shape index (κ3) is 1.92. The van der Waals surface area contributed by atoms with Crippen molar-refractivity contribution in [3.63, 3.8) is 0 Å². The summed E-state index contributed by atoms with van der Waals surface area (Å²) in [5.74, 6) is -1.02. The van der Waals surface area contributed by atoms with Crippen LogP contribution in [0.1, 0.15) is 15.4 Å². The molecule has 1 heterocycles. The first-order chi connectivity index (χ1) is 7.70. The van der Waals surface area contributed by atoms with Crippen molar-refractivity contribution in [2.75, 3.05) is 0 Å². The number of nitrogens with zero attached hydrogens (tertiary/aromatic N) is 2. The first-order valence-corrected chi connectivity index (χ1v) is 5.28. The molecule has 1 aromatic heterocycles. The lowest BCUT2D eigenvalue weighted by Crippen LogP contribution is -1.94. The fourth-order valence-corrected chi connectivity index (χ4v) is 1.88. The molecule has 0 saturated carbocycles. The number of rotatable bonds is 2. The van der Waals surface area contributed by atoms with E-state index in [1.54, 1.807) is 29.6 Å². The summed E-state index contributed by atoms with van der Waals surface area (Å²) < 4.78 is 0. The molecule has 0 aliphatic carbocycles. The van der Waals surface area contributed by atoms with Crippen molar-refractivity contribution in [3.8, 4) is 17.3 Å². The highest BCUT2D eigenvalue weighted by atomic mass is 32.1. The fraction of sp³-hybridized carbons (Fsp3) is 0. The molecule has 1 aromatic carbocycles. The van der Waals surface area contributed by atoms with Crippen LogP contribution >= 0.6 is 11.3 Å². The molecule has 5 heteroatoms. The molecule has 0 unspecified atom stereocenters. The van der Waals surface area contributed by atoms with Gasteiger partial charge >= 0.3 is 5.97 Å². The number of aromatic carboxylic acids is 1. The highest BCUT2D eigenvalue weighted by molar-refractivity contribution is 7.11. The number of nitriles is 1. The van der Waals surface area contributed by atoms with Gasteiger partial charge in [-0.05, 0) is 12.1 Å². The van der Waals surface area contributed by atoms with Gasteiger partial charge in [-0.25, -0.2) is 9.78 Å². The van der Waals surface area contributed by atoms with Gasteiger partial charge in [-0.2, -0.15) is 5.26 Å². The summed E-state index contributed by atoms with van der Waals surface area (Å²) in [5.41, 5.74) is 1.99. The Morgan fingerprint density at radius 2 is 2.06 bits per heavy atom. The van der Waals surface area contributed by atoms with Gasteiger partial charge in [0.15, 0.2) is 0 Å². The molecule has 0 saturated heterocycles. The number of thiazole rings is 1. The molecule has 16 heavy (non-hydrogen) atoms. The van der Waals surface area contributed by atoms with Gasteiger partial charge in [0.1, 0.15) is 0 Å². The summed E-state index contributed by atoms with van der Waals surface area (Å²) >= 11 is 1.09. The second kappa shape index (κ2) is 4.13. The van der Waals surface area contributed by atoms with E-state index in [4.69, 9.17) is 10.4 Å². The monoisotopic (exact) mass is 230 g/mol. The van der Waals surface area contributed by atoms with E-state index in [-0.39, 0.29) is 5.01 Å². The third-order valence-corrected chi connectivity index (χ3v) is 2.83. The summed E-state index contributed by atoms with van der Waals surface area (Å²) in [6, 6.07) is 8.87. The summed E-state index contributed by atoms with van der Waals surface area (Å²) in [6.45, 7) is 0. The molecule has 0 spiro atoms. The predicted molar refractivity (Wildman–Crippen MR) is 59.2 cm³/mol. The van der Waals surface area contributed by atoms with Crippen molar-refractivity contribution in [1.29, 1.82) is 5.26 Å². The molecule has 0 bridgehead atoms. The summed E-state index contributed by atoms with van der Waals surface area (Å²) in [6.07, 6.45) is 0. The van der Waals surface area contributed by atoms with E-state index in [0.29, 0.717) is 11.3 Å². The maximum Gasteiger partial charge on any atom is 0.365 e. The van der Waals surface area contributed by atoms with Crippen LogP contribution < -0.4 is 0 Å². The van der Waals surface area contributed by atoms with Crippen LogP contribution in [-0.2, 0) is 0 Å². The molecule has 78 valence electrons. The minimum atomic E-state index is -1.02. The lowest BCUT2D eigenvalue weighted by atomic mass is 10.1. The normalized spacial score (nSPS) is 9.69. The van der Waals surface area contributed by atoms with Crippen LogP contribution in [0.2, 0.25) is 0 Å². The quantitative estimate of drug-likeness (QED) is 0.859. The Hall–Kier alpha value is -2.19. The molecular formula is C11H6N2O2S. The van der Waals surface area contributed by atoms with Gasteiger partial charge < -0.3 is 5.11 Å². The largest absolute Gasteiger partial charge is 0.476 e. The van der Waals surface area contributed by atoms with Gasteiger partial charge in [0.2, 0.25) is 5.01 Å². The Bertz CT molecular complexity index is 566. The van der Waals surface area contributed by atoms with Crippen molar-refractivity contribution in [2.45, 2.75) is 0 Å². The molecule has 4 nitrogen and oxygen atoms in total. The van der Waals surface area contributed by atoms with Gasteiger partial charge in [0.05, 0.1) is 17.3 Å². The van der Waals surface area contributed by atoms with Crippen LogP contribution in [0.3, 0.4) is 0 Å². The number of carboxylic acid groups (broad SMARTS) is 1. The number of benzene rings is 1. The third-order valence-electron chi connectivity index (χ3n) is 2.00. The lowest BCUT2D eigenvalue weighted by molar-refractivity contribution is 0.0696. The Morgan fingerprint density at radius 3 is 2.56 bits per heavy atom. The minimum absolute atomic E-state index is 0.0689.